The highest BCUT2D eigenvalue weighted by Crippen LogP contribution is 2.70. The van der Waals surface area contributed by atoms with Gasteiger partial charge in [-0.2, -0.15) is 0 Å². The molecule has 3 saturated carbocycles. The molecule has 0 amide bonds. The van der Waals surface area contributed by atoms with Crippen LogP contribution >= 0.6 is 15.9 Å². The fourth-order valence-corrected chi connectivity index (χ4v) is 8.72. The first kappa shape index (κ1) is 24.1. The molecule has 1 N–H and O–H groups in total. The molecule has 0 heterocycles. The lowest BCUT2D eigenvalue weighted by Crippen LogP contribution is -2.67. The number of Topliss-reactive ketones (excluding diaryl/α,β-unsaturated/α-hetero) is 2. The van der Waals surface area contributed by atoms with Gasteiger partial charge >= 0.3 is 0 Å². The summed E-state index contributed by atoms with van der Waals surface area (Å²) in [6, 6.07) is 7.16. The molecule has 182 valence electrons. The summed E-state index contributed by atoms with van der Waals surface area (Å²) >= 11 is 3.40. The number of allylic oxidation sites excluding steroid dienone is 1. The van der Waals surface area contributed by atoms with Gasteiger partial charge in [-0.3, -0.25) is 14.4 Å². The molecule has 0 aromatic heterocycles. The summed E-state index contributed by atoms with van der Waals surface area (Å²) in [4.78, 5) is 38.7. The Kier molecular flexibility index (Phi) is 5.61. The second kappa shape index (κ2) is 7.92. The Labute approximate surface area is 208 Å². The molecule has 6 heteroatoms. The quantitative estimate of drug-likeness (QED) is 0.512. The monoisotopic (exact) mass is 530 g/mol. The van der Waals surface area contributed by atoms with Crippen LogP contribution in [0.5, 0.6) is 0 Å². The van der Waals surface area contributed by atoms with Crippen molar-refractivity contribution in [3.63, 3.8) is 0 Å². The maximum atomic E-state index is 17.3. The van der Waals surface area contributed by atoms with E-state index in [4.69, 9.17) is 0 Å². The van der Waals surface area contributed by atoms with E-state index in [1.807, 2.05) is 26.0 Å². The zero-order chi connectivity index (χ0) is 24.6. The van der Waals surface area contributed by atoms with Gasteiger partial charge in [-0.25, -0.2) is 4.39 Å². The van der Waals surface area contributed by atoms with E-state index in [2.05, 4.69) is 15.9 Å². The average molecular weight is 531 g/mol. The summed E-state index contributed by atoms with van der Waals surface area (Å²) in [5.74, 6) is -1.83. The molecule has 0 saturated heterocycles. The Morgan fingerprint density at radius 1 is 1.12 bits per heavy atom. The topological polar surface area (TPSA) is 71.4 Å². The molecule has 1 aromatic carbocycles. The van der Waals surface area contributed by atoms with Crippen LogP contribution in [-0.2, 0) is 9.59 Å². The Balaban J connectivity index is 1.57. The predicted molar refractivity (Wildman–Crippen MR) is 130 cm³/mol. The lowest BCUT2D eigenvalue weighted by Gasteiger charge is -2.62. The van der Waals surface area contributed by atoms with E-state index in [1.165, 1.54) is 6.92 Å². The number of aliphatic hydroxyl groups excluding tert-OH is 1. The smallest absolute Gasteiger partial charge is 0.166 e. The second-order valence-electron chi connectivity index (χ2n) is 11.5. The molecule has 0 radical (unpaired) electrons. The van der Waals surface area contributed by atoms with E-state index in [0.717, 1.165) is 10.0 Å². The lowest BCUT2D eigenvalue weighted by molar-refractivity contribution is -0.208. The molecule has 0 unspecified atom stereocenters. The number of fused-ring (bicyclic) bond motifs is 5. The van der Waals surface area contributed by atoms with Crippen LogP contribution in [-0.4, -0.2) is 34.2 Å². The van der Waals surface area contributed by atoms with E-state index < -0.39 is 40.4 Å². The summed E-state index contributed by atoms with van der Waals surface area (Å²) in [6.45, 7) is 5.38. The fourth-order valence-electron chi connectivity index (χ4n) is 8.46. The van der Waals surface area contributed by atoms with Crippen LogP contribution in [0.1, 0.15) is 69.7 Å². The highest BCUT2D eigenvalue weighted by Gasteiger charge is 2.72. The number of carbonyl (C=O) groups is 3. The Morgan fingerprint density at radius 2 is 1.79 bits per heavy atom. The van der Waals surface area contributed by atoms with E-state index >= 15 is 4.39 Å². The predicted octanol–water partition coefficient (Wildman–Crippen LogP) is 5.66. The fraction of sp³-hybridized carbons (Fsp3) is 0.607. The highest BCUT2D eigenvalue weighted by atomic mass is 79.9. The summed E-state index contributed by atoms with van der Waals surface area (Å²) in [7, 11) is 0. The zero-order valence-corrected chi connectivity index (χ0v) is 21.5. The third kappa shape index (κ3) is 3.13. The molecule has 0 spiro atoms. The van der Waals surface area contributed by atoms with Gasteiger partial charge in [0, 0.05) is 39.6 Å². The summed E-state index contributed by atoms with van der Waals surface area (Å²) in [6.07, 6.45) is 2.78. The summed E-state index contributed by atoms with van der Waals surface area (Å²) in [5.41, 5.74) is -2.05. The highest BCUT2D eigenvalue weighted by molar-refractivity contribution is 9.10. The first-order valence-corrected chi connectivity index (χ1v) is 13.1. The van der Waals surface area contributed by atoms with E-state index in [9.17, 15) is 19.5 Å². The third-order valence-electron chi connectivity index (χ3n) is 10.0. The summed E-state index contributed by atoms with van der Waals surface area (Å²) in [5, 5.41) is 11.4. The van der Waals surface area contributed by atoms with Crippen molar-refractivity contribution in [1.29, 1.82) is 0 Å². The van der Waals surface area contributed by atoms with Crippen molar-refractivity contribution < 1.29 is 23.9 Å². The SMILES string of the molecule is CC(=O)[C@H]1[C@H](C(=O)c2ccc(Br)cc2)C[C@H]2[C@@H]3CCC4=CC(=O)CC[C@]4(C)[C@@]3(F)[C@@H](O)C[C@@]21C. The van der Waals surface area contributed by atoms with Crippen LogP contribution in [0.3, 0.4) is 0 Å². The van der Waals surface area contributed by atoms with Gasteiger partial charge in [0.1, 0.15) is 11.5 Å². The Morgan fingerprint density at radius 3 is 2.44 bits per heavy atom. The van der Waals surface area contributed by atoms with Crippen LogP contribution in [0.25, 0.3) is 0 Å². The number of hydrogen-bond acceptors (Lipinski definition) is 4. The van der Waals surface area contributed by atoms with Crippen molar-refractivity contribution in [3.05, 3.63) is 46.0 Å². The van der Waals surface area contributed by atoms with E-state index in [1.54, 1.807) is 18.2 Å². The zero-order valence-electron chi connectivity index (χ0n) is 19.9. The van der Waals surface area contributed by atoms with E-state index in [0.29, 0.717) is 31.2 Å². The minimum absolute atomic E-state index is 0.0299. The second-order valence-corrected chi connectivity index (χ2v) is 12.4. The Bertz CT molecular complexity index is 1100. The molecule has 5 rings (SSSR count). The van der Waals surface area contributed by atoms with Crippen LogP contribution in [0.4, 0.5) is 4.39 Å². The number of ketones is 3. The van der Waals surface area contributed by atoms with Crippen molar-refractivity contribution in [2.75, 3.05) is 0 Å². The van der Waals surface area contributed by atoms with Crippen LogP contribution < -0.4 is 0 Å². The minimum Gasteiger partial charge on any atom is -0.390 e. The van der Waals surface area contributed by atoms with Crippen molar-refractivity contribution >= 4 is 33.3 Å². The lowest BCUT2D eigenvalue weighted by atomic mass is 9.44. The van der Waals surface area contributed by atoms with Gasteiger partial charge in [0.05, 0.1) is 6.10 Å². The van der Waals surface area contributed by atoms with Gasteiger partial charge in [-0.1, -0.05) is 47.5 Å². The number of alkyl halides is 1. The summed E-state index contributed by atoms with van der Waals surface area (Å²) < 4.78 is 18.2. The molecule has 4 nitrogen and oxygen atoms in total. The number of benzene rings is 1. The first-order valence-electron chi connectivity index (χ1n) is 12.3. The number of carbonyl (C=O) groups excluding carboxylic acids is 3. The standard InChI is InChI=1S/C28H32BrFO4/c1-15(31)24-20(25(34)16-4-7-18(29)8-5-16)13-22-21-9-6-17-12-19(32)10-11-27(17,3)28(21,30)23(33)14-26(22,24)2/h4-5,7-8,12,20-24,33H,6,9-11,13-14H2,1-3H3/t20-,21+,22+,23+,24+,26+,27+,28+/m1/s1. The number of halogens is 2. The number of hydrogen-bond donors (Lipinski definition) is 1. The van der Waals surface area contributed by atoms with E-state index in [-0.39, 0.29) is 36.1 Å². The molecule has 0 bridgehead atoms. The van der Waals surface area contributed by atoms with Crippen LogP contribution in [0.2, 0.25) is 0 Å². The van der Waals surface area contributed by atoms with Gasteiger partial charge in [-0.15, -0.1) is 0 Å². The van der Waals surface area contributed by atoms with Crippen molar-refractivity contribution in [2.45, 2.75) is 71.1 Å². The Hall–Kier alpha value is -1.66. The van der Waals surface area contributed by atoms with Gasteiger partial charge in [0.25, 0.3) is 0 Å². The molecular weight excluding hydrogens is 499 g/mol. The molecule has 4 aliphatic carbocycles. The van der Waals surface area contributed by atoms with Crippen LogP contribution in [0.15, 0.2) is 40.4 Å². The van der Waals surface area contributed by atoms with Crippen molar-refractivity contribution in [3.8, 4) is 0 Å². The van der Waals surface area contributed by atoms with Gasteiger partial charge in [0.2, 0.25) is 0 Å². The van der Waals surface area contributed by atoms with Crippen LogP contribution in [0, 0.1) is 34.5 Å². The van der Waals surface area contributed by atoms with Gasteiger partial charge in [0.15, 0.2) is 11.6 Å². The molecule has 4 aliphatic rings. The normalized spacial score (nSPS) is 43.4. The third-order valence-corrected chi connectivity index (χ3v) is 10.5. The molecule has 3 fully saturated rings. The maximum absolute atomic E-state index is 17.3. The van der Waals surface area contributed by atoms with Crippen molar-refractivity contribution in [1.82, 2.24) is 0 Å². The molecule has 0 aliphatic heterocycles. The number of aliphatic hydroxyl groups is 1. The molecule has 1 aromatic rings. The molecule has 34 heavy (non-hydrogen) atoms. The van der Waals surface area contributed by atoms with Gasteiger partial charge < -0.3 is 5.11 Å². The minimum atomic E-state index is -1.88. The number of rotatable bonds is 3. The maximum Gasteiger partial charge on any atom is 0.166 e. The average Bonchev–Trinajstić information content (AvgIpc) is 3.08. The van der Waals surface area contributed by atoms with Gasteiger partial charge in [-0.05, 0) is 68.6 Å². The molecular formula is C28H32BrFO4. The largest absolute Gasteiger partial charge is 0.390 e. The molecule has 8 atom stereocenters. The first-order chi connectivity index (χ1) is 15.9. The van der Waals surface area contributed by atoms with Crippen molar-refractivity contribution in [2.24, 2.45) is 34.5 Å².